The van der Waals surface area contributed by atoms with E-state index < -0.39 is 0 Å². The molecule has 0 spiro atoms. The standard InChI is InChI=1S/C30H36ClN5OS/c1-18(2)29(37)33-25-14-13-22(17-24(25)31)36-28(27(34-30(36)38)26-12-8-9-15-32-26)23-16-19(3)35(20(23)4)21-10-6-5-7-11-21/h8-9,12-18,21,27-28H,5-7,10-11H2,1-4H3,(H,33,37)(H,34,38)/t27-,28+/m1/s1. The number of pyridine rings is 1. The van der Waals surface area contributed by atoms with Gasteiger partial charge in [-0.05, 0) is 80.9 Å². The van der Waals surface area contributed by atoms with Crippen LogP contribution in [-0.4, -0.2) is 20.6 Å². The second-order valence-electron chi connectivity index (χ2n) is 10.8. The minimum Gasteiger partial charge on any atom is -0.351 e. The number of aryl methyl sites for hydroxylation is 1. The molecule has 200 valence electrons. The van der Waals surface area contributed by atoms with Gasteiger partial charge in [-0.2, -0.15) is 0 Å². The van der Waals surface area contributed by atoms with E-state index in [9.17, 15) is 4.79 Å². The molecule has 0 radical (unpaired) electrons. The third-order valence-electron chi connectivity index (χ3n) is 7.89. The molecular formula is C30H36ClN5OS. The van der Waals surface area contributed by atoms with Gasteiger partial charge in [-0.25, -0.2) is 0 Å². The molecular weight excluding hydrogens is 514 g/mol. The van der Waals surface area contributed by atoms with Crippen molar-refractivity contribution in [3.05, 3.63) is 76.3 Å². The van der Waals surface area contributed by atoms with Gasteiger partial charge in [0.25, 0.3) is 0 Å². The van der Waals surface area contributed by atoms with Crippen molar-refractivity contribution in [1.82, 2.24) is 14.9 Å². The van der Waals surface area contributed by atoms with Crippen molar-refractivity contribution in [3.8, 4) is 0 Å². The topological polar surface area (TPSA) is 62.2 Å². The van der Waals surface area contributed by atoms with E-state index in [0.717, 1.165) is 11.4 Å². The van der Waals surface area contributed by atoms with Gasteiger partial charge < -0.3 is 20.1 Å². The first-order chi connectivity index (χ1) is 18.3. The monoisotopic (exact) mass is 549 g/mol. The van der Waals surface area contributed by atoms with Crippen LogP contribution in [0.3, 0.4) is 0 Å². The first-order valence-electron chi connectivity index (χ1n) is 13.6. The SMILES string of the molecule is Cc1cc([C@H]2[C@@H](c3ccccn3)NC(=S)N2c2ccc(NC(=O)C(C)C)c(Cl)c2)c(C)n1C1CCCCC1. The maximum Gasteiger partial charge on any atom is 0.226 e. The quantitative estimate of drug-likeness (QED) is 0.313. The van der Waals surface area contributed by atoms with Gasteiger partial charge in [0.15, 0.2) is 5.11 Å². The molecule has 2 aliphatic rings. The van der Waals surface area contributed by atoms with Gasteiger partial charge in [0, 0.05) is 35.2 Å². The highest BCUT2D eigenvalue weighted by atomic mass is 35.5. The first kappa shape index (κ1) is 26.7. The molecule has 3 aromatic rings. The van der Waals surface area contributed by atoms with Crippen LogP contribution in [0.4, 0.5) is 11.4 Å². The third kappa shape index (κ3) is 5.06. The third-order valence-corrected chi connectivity index (χ3v) is 8.52. The second-order valence-corrected chi connectivity index (χ2v) is 11.6. The number of rotatable bonds is 6. The molecule has 1 saturated heterocycles. The maximum atomic E-state index is 12.3. The summed E-state index contributed by atoms with van der Waals surface area (Å²) in [6, 6.07) is 14.4. The lowest BCUT2D eigenvalue weighted by Gasteiger charge is -2.30. The average Bonchev–Trinajstić information content (AvgIpc) is 3.41. The van der Waals surface area contributed by atoms with Crippen molar-refractivity contribution in [3.63, 3.8) is 0 Å². The van der Waals surface area contributed by atoms with Crippen molar-refractivity contribution in [2.24, 2.45) is 5.92 Å². The first-order valence-corrected chi connectivity index (χ1v) is 14.3. The summed E-state index contributed by atoms with van der Waals surface area (Å²) in [6.07, 6.45) is 8.18. The van der Waals surface area contributed by atoms with Crippen LogP contribution in [0.25, 0.3) is 0 Å². The van der Waals surface area contributed by atoms with Crippen LogP contribution in [0, 0.1) is 19.8 Å². The van der Waals surface area contributed by atoms with Gasteiger partial charge in [-0.1, -0.05) is 50.8 Å². The average molecular weight is 550 g/mol. The molecule has 1 saturated carbocycles. The van der Waals surface area contributed by atoms with E-state index in [-0.39, 0.29) is 23.9 Å². The normalized spacial score (nSPS) is 20.2. The smallest absolute Gasteiger partial charge is 0.226 e. The molecule has 1 amide bonds. The van der Waals surface area contributed by atoms with Crippen molar-refractivity contribution in [1.29, 1.82) is 0 Å². The number of hydrogen-bond acceptors (Lipinski definition) is 3. The Morgan fingerprint density at radius 2 is 1.89 bits per heavy atom. The number of nitrogens with one attached hydrogen (secondary N) is 2. The minimum atomic E-state index is -0.135. The molecule has 0 bridgehead atoms. The Kier molecular flexibility index (Phi) is 7.78. The zero-order chi connectivity index (χ0) is 27.0. The van der Waals surface area contributed by atoms with Crippen LogP contribution in [0.1, 0.15) is 86.7 Å². The maximum absolute atomic E-state index is 12.3. The zero-order valence-electron chi connectivity index (χ0n) is 22.5. The number of aromatic nitrogens is 2. The summed E-state index contributed by atoms with van der Waals surface area (Å²) in [5.41, 5.74) is 6.22. The lowest BCUT2D eigenvalue weighted by atomic mass is 9.94. The molecule has 38 heavy (non-hydrogen) atoms. The second kappa shape index (κ2) is 11.1. The molecule has 2 fully saturated rings. The molecule has 2 atom stereocenters. The molecule has 1 aliphatic carbocycles. The summed E-state index contributed by atoms with van der Waals surface area (Å²) in [7, 11) is 0. The zero-order valence-corrected chi connectivity index (χ0v) is 24.1. The fraction of sp³-hybridized carbons (Fsp3) is 0.433. The highest BCUT2D eigenvalue weighted by Crippen LogP contribution is 2.45. The number of nitrogens with zero attached hydrogens (tertiary/aromatic N) is 3. The molecule has 2 N–H and O–H groups in total. The van der Waals surface area contributed by atoms with Crippen LogP contribution in [-0.2, 0) is 4.79 Å². The fourth-order valence-corrected chi connectivity index (χ4v) is 6.55. The van der Waals surface area contributed by atoms with Crippen molar-refractivity contribution in [2.75, 3.05) is 10.2 Å². The predicted molar refractivity (Wildman–Crippen MR) is 159 cm³/mol. The largest absolute Gasteiger partial charge is 0.351 e. The number of anilines is 2. The van der Waals surface area contributed by atoms with Gasteiger partial charge >= 0.3 is 0 Å². The van der Waals surface area contributed by atoms with E-state index >= 15 is 0 Å². The highest BCUT2D eigenvalue weighted by molar-refractivity contribution is 7.80. The van der Waals surface area contributed by atoms with Gasteiger partial charge in [0.05, 0.1) is 28.5 Å². The van der Waals surface area contributed by atoms with Crippen LogP contribution < -0.4 is 15.5 Å². The number of amides is 1. The summed E-state index contributed by atoms with van der Waals surface area (Å²) in [6.45, 7) is 8.18. The molecule has 5 rings (SSSR count). The Bertz CT molecular complexity index is 1330. The minimum absolute atomic E-state index is 0.0683. The van der Waals surface area contributed by atoms with Crippen LogP contribution >= 0.6 is 23.8 Å². The van der Waals surface area contributed by atoms with Gasteiger partial charge in [-0.15, -0.1) is 0 Å². The van der Waals surface area contributed by atoms with E-state index in [1.54, 1.807) is 0 Å². The molecule has 1 aromatic carbocycles. The van der Waals surface area contributed by atoms with Crippen LogP contribution in [0.15, 0.2) is 48.7 Å². The lowest BCUT2D eigenvalue weighted by Crippen LogP contribution is -2.29. The van der Waals surface area contributed by atoms with E-state index in [4.69, 9.17) is 28.8 Å². The van der Waals surface area contributed by atoms with Gasteiger partial charge in [0.2, 0.25) is 5.91 Å². The molecule has 1 aliphatic heterocycles. The summed E-state index contributed by atoms with van der Waals surface area (Å²) in [4.78, 5) is 19.1. The fourth-order valence-electron chi connectivity index (χ4n) is 5.98. The van der Waals surface area contributed by atoms with Crippen molar-refractivity contribution >= 4 is 46.2 Å². The number of thiocarbonyl (C=S) groups is 1. The van der Waals surface area contributed by atoms with E-state index in [2.05, 4.69) is 46.1 Å². The molecule has 6 nitrogen and oxygen atoms in total. The van der Waals surface area contributed by atoms with Crippen molar-refractivity contribution < 1.29 is 4.79 Å². The number of carbonyl (C=O) groups is 1. The summed E-state index contributed by atoms with van der Waals surface area (Å²) < 4.78 is 2.54. The Labute approximate surface area is 235 Å². The molecule has 3 heterocycles. The molecule has 8 heteroatoms. The number of hydrogen-bond donors (Lipinski definition) is 2. The summed E-state index contributed by atoms with van der Waals surface area (Å²) in [5, 5.41) is 7.58. The number of carbonyl (C=O) groups excluding carboxylic acids is 1. The van der Waals surface area contributed by atoms with Gasteiger partial charge in [-0.3, -0.25) is 9.78 Å². The highest BCUT2D eigenvalue weighted by Gasteiger charge is 2.42. The van der Waals surface area contributed by atoms with Crippen LogP contribution in [0.2, 0.25) is 5.02 Å². The Balaban J connectivity index is 1.58. The Morgan fingerprint density at radius 1 is 1.13 bits per heavy atom. The molecule has 0 unspecified atom stereocenters. The summed E-state index contributed by atoms with van der Waals surface area (Å²) >= 11 is 12.6. The lowest BCUT2D eigenvalue weighted by molar-refractivity contribution is -0.118. The van der Waals surface area contributed by atoms with E-state index in [1.165, 1.54) is 49.1 Å². The Hall–Kier alpha value is -2.90. The Morgan fingerprint density at radius 3 is 2.55 bits per heavy atom. The van der Waals surface area contributed by atoms with Crippen molar-refractivity contribution in [2.45, 2.75) is 77.9 Å². The summed E-state index contributed by atoms with van der Waals surface area (Å²) in [5.74, 6) is -0.203. The van der Waals surface area contributed by atoms with E-state index in [0.29, 0.717) is 21.9 Å². The van der Waals surface area contributed by atoms with Crippen LogP contribution in [0.5, 0.6) is 0 Å². The predicted octanol–water partition coefficient (Wildman–Crippen LogP) is 7.43. The van der Waals surface area contributed by atoms with Gasteiger partial charge in [0.1, 0.15) is 0 Å². The number of halogens is 1. The molecule has 2 aromatic heterocycles. The van der Waals surface area contributed by atoms with E-state index in [1.807, 2.05) is 50.4 Å². The number of benzene rings is 1.